The molecule has 1 fully saturated rings. The summed E-state index contributed by atoms with van der Waals surface area (Å²) >= 11 is 6.28. The van der Waals surface area contributed by atoms with E-state index in [4.69, 9.17) is 11.6 Å². The fraction of sp³-hybridized carbons (Fsp3) is 0.333. The number of ketones is 1. The first-order chi connectivity index (χ1) is 12.5. The molecule has 2 aromatic carbocycles. The van der Waals surface area contributed by atoms with Crippen molar-refractivity contribution in [2.24, 2.45) is 0 Å². The van der Waals surface area contributed by atoms with Gasteiger partial charge in [-0.3, -0.25) is 14.5 Å². The van der Waals surface area contributed by atoms with Crippen LogP contribution < -0.4 is 5.32 Å². The summed E-state index contributed by atoms with van der Waals surface area (Å²) in [6, 6.07) is 15.2. The van der Waals surface area contributed by atoms with Crippen molar-refractivity contribution in [3.8, 4) is 0 Å². The molecule has 0 spiro atoms. The number of halogens is 1. The van der Waals surface area contributed by atoms with E-state index in [1.165, 1.54) is 6.92 Å². The van der Waals surface area contributed by atoms with Crippen LogP contribution in [0, 0.1) is 0 Å². The number of rotatable bonds is 6. The molecule has 1 saturated heterocycles. The highest BCUT2D eigenvalue weighted by atomic mass is 35.5. The Morgan fingerprint density at radius 3 is 2.77 bits per heavy atom. The average Bonchev–Trinajstić information content (AvgIpc) is 3.04. The molecule has 0 aromatic heterocycles. The molecule has 0 saturated carbocycles. The molecule has 0 bridgehead atoms. The topological polar surface area (TPSA) is 49.4 Å². The van der Waals surface area contributed by atoms with Crippen LogP contribution in [-0.2, 0) is 11.2 Å². The molecule has 1 aliphatic heterocycles. The first-order valence-corrected chi connectivity index (χ1v) is 9.29. The Hall–Kier alpha value is -2.17. The number of carbonyl (C=O) groups is 2. The molecule has 1 atom stereocenters. The second-order valence-corrected chi connectivity index (χ2v) is 7.15. The lowest BCUT2D eigenvalue weighted by atomic mass is 10.0. The number of Topliss-reactive ketones (excluding diaryl/α,β-unsaturated/α-hetero) is 1. The Labute approximate surface area is 159 Å². The predicted octanol–water partition coefficient (Wildman–Crippen LogP) is 4.19. The van der Waals surface area contributed by atoms with Gasteiger partial charge in [-0.25, -0.2) is 0 Å². The van der Waals surface area contributed by atoms with Gasteiger partial charge in [0.15, 0.2) is 5.78 Å². The molecular formula is C21H23ClN2O2. The quantitative estimate of drug-likeness (QED) is 0.776. The van der Waals surface area contributed by atoms with Crippen molar-refractivity contribution in [1.82, 2.24) is 4.90 Å². The lowest BCUT2D eigenvalue weighted by Crippen LogP contribution is -2.37. The van der Waals surface area contributed by atoms with Crippen LogP contribution in [0.25, 0.3) is 0 Å². The minimum Gasteiger partial charge on any atom is -0.325 e. The number of nitrogens with zero attached hydrogens (tertiary/aromatic N) is 1. The van der Waals surface area contributed by atoms with Crippen molar-refractivity contribution in [2.45, 2.75) is 32.2 Å². The Balaban J connectivity index is 1.60. The molecule has 3 rings (SSSR count). The minimum atomic E-state index is -0.0586. The molecule has 1 unspecified atom stereocenters. The predicted molar refractivity (Wildman–Crippen MR) is 105 cm³/mol. The van der Waals surface area contributed by atoms with Crippen molar-refractivity contribution in [3.05, 3.63) is 64.7 Å². The molecular weight excluding hydrogens is 348 g/mol. The van der Waals surface area contributed by atoms with E-state index >= 15 is 0 Å². The molecule has 136 valence electrons. The van der Waals surface area contributed by atoms with E-state index in [2.05, 4.69) is 10.2 Å². The van der Waals surface area contributed by atoms with Crippen LogP contribution in [0.15, 0.2) is 48.5 Å². The maximum Gasteiger partial charge on any atom is 0.238 e. The van der Waals surface area contributed by atoms with Crippen molar-refractivity contribution in [2.75, 3.05) is 18.4 Å². The third kappa shape index (κ3) is 4.71. The van der Waals surface area contributed by atoms with Crippen molar-refractivity contribution < 1.29 is 9.59 Å². The molecule has 1 N–H and O–H groups in total. The number of carbonyl (C=O) groups excluding carboxylic acids is 2. The first-order valence-electron chi connectivity index (χ1n) is 8.91. The van der Waals surface area contributed by atoms with Crippen molar-refractivity contribution in [3.63, 3.8) is 0 Å². The van der Waals surface area contributed by atoms with Gasteiger partial charge in [-0.1, -0.05) is 41.9 Å². The molecule has 0 aliphatic carbocycles. The van der Waals surface area contributed by atoms with Gasteiger partial charge in [0, 0.05) is 22.3 Å². The SMILES string of the molecule is CC(=O)c1cccc(NC(=O)CN2CCCC2Cc2ccccc2Cl)c1. The Morgan fingerprint density at radius 2 is 2.00 bits per heavy atom. The van der Waals surface area contributed by atoms with E-state index in [9.17, 15) is 9.59 Å². The maximum atomic E-state index is 12.5. The highest BCUT2D eigenvalue weighted by Crippen LogP contribution is 2.24. The van der Waals surface area contributed by atoms with Crippen LogP contribution in [0.2, 0.25) is 5.02 Å². The fourth-order valence-corrected chi connectivity index (χ4v) is 3.67. The van der Waals surface area contributed by atoms with E-state index in [0.29, 0.717) is 23.8 Å². The van der Waals surface area contributed by atoms with Crippen LogP contribution in [0.1, 0.15) is 35.7 Å². The molecule has 2 aromatic rings. The van der Waals surface area contributed by atoms with E-state index < -0.39 is 0 Å². The van der Waals surface area contributed by atoms with Gasteiger partial charge < -0.3 is 5.32 Å². The number of benzene rings is 2. The fourth-order valence-electron chi connectivity index (χ4n) is 3.45. The third-order valence-corrected chi connectivity index (χ3v) is 5.18. The number of hydrogen-bond acceptors (Lipinski definition) is 3. The van der Waals surface area contributed by atoms with E-state index in [1.807, 2.05) is 24.3 Å². The summed E-state index contributed by atoms with van der Waals surface area (Å²) < 4.78 is 0. The zero-order valence-electron chi connectivity index (χ0n) is 14.9. The highest BCUT2D eigenvalue weighted by Gasteiger charge is 2.26. The van der Waals surface area contributed by atoms with Crippen LogP contribution in [0.5, 0.6) is 0 Å². The largest absolute Gasteiger partial charge is 0.325 e. The summed E-state index contributed by atoms with van der Waals surface area (Å²) in [5.74, 6) is -0.0720. The monoisotopic (exact) mass is 370 g/mol. The number of nitrogens with one attached hydrogen (secondary N) is 1. The Morgan fingerprint density at radius 1 is 1.19 bits per heavy atom. The summed E-state index contributed by atoms with van der Waals surface area (Å²) in [7, 11) is 0. The van der Waals surface area contributed by atoms with Gasteiger partial charge in [-0.05, 0) is 56.5 Å². The normalized spacial score (nSPS) is 17.2. The van der Waals surface area contributed by atoms with E-state index in [1.54, 1.807) is 24.3 Å². The highest BCUT2D eigenvalue weighted by molar-refractivity contribution is 6.31. The van der Waals surface area contributed by atoms with Gasteiger partial charge in [0.1, 0.15) is 0 Å². The number of hydrogen-bond donors (Lipinski definition) is 1. The van der Waals surface area contributed by atoms with Gasteiger partial charge in [0.25, 0.3) is 0 Å². The minimum absolute atomic E-state index is 0.0135. The molecule has 4 nitrogen and oxygen atoms in total. The third-order valence-electron chi connectivity index (χ3n) is 4.81. The maximum absolute atomic E-state index is 12.5. The lowest BCUT2D eigenvalue weighted by molar-refractivity contribution is -0.117. The van der Waals surface area contributed by atoms with Crippen LogP contribution in [0.4, 0.5) is 5.69 Å². The van der Waals surface area contributed by atoms with Crippen LogP contribution in [0.3, 0.4) is 0 Å². The summed E-state index contributed by atoms with van der Waals surface area (Å²) in [6.07, 6.45) is 3.01. The van der Waals surface area contributed by atoms with Crippen molar-refractivity contribution in [1.29, 1.82) is 0 Å². The lowest BCUT2D eigenvalue weighted by Gasteiger charge is -2.24. The summed E-state index contributed by atoms with van der Waals surface area (Å²) in [6.45, 7) is 2.78. The molecule has 5 heteroatoms. The van der Waals surface area contributed by atoms with Gasteiger partial charge in [0.05, 0.1) is 6.54 Å². The molecule has 1 amide bonds. The zero-order valence-corrected chi connectivity index (χ0v) is 15.6. The summed E-state index contributed by atoms with van der Waals surface area (Å²) in [5.41, 5.74) is 2.38. The average molecular weight is 371 g/mol. The van der Waals surface area contributed by atoms with Gasteiger partial charge in [0.2, 0.25) is 5.91 Å². The van der Waals surface area contributed by atoms with Crippen molar-refractivity contribution >= 4 is 29.0 Å². The van der Waals surface area contributed by atoms with Gasteiger partial charge >= 0.3 is 0 Å². The second-order valence-electron chi connectivity index (χ2n) is 6.75. The van der Waals surface area contributed by atoms with E-state index in [-0.39, 0.29) is 11.7 Å². The Bertz CT molecular complexity index is 806. The van der Waals surface area contributed by atoms with Crippen LogP contribution in [-0.4, -0.2) is 35.7 Å². The molecule has 1 heterocycles. The van der Waals surface area contributed by atoms with E-state index in [0.717, 1.165) is 36.4 Å². The van der Waals surface area contributed by atoms with Gasteiger partial charge in [-0.2, -0.15) is 0 Å². The first kappa shape index (κ1) is 18.6. The molecule has 0 radical (unpaired) electrons. The number of likely N-dealkylation sites (tertiary alicyclic amines) is 1. The standard InChI is InChI=1S/C21H23ClN2O2/c1-15(25)16-7-4-8-18(12-16)23-21(26)14-24-11-5-9-19(24)13-17-6-2-3-10-20(17)22/h2-4,6-8,10,12,19H,5,9,11,13-14H2,1H3,(H,23,26). The zero-order chi connectivity index (χ0) is 18.5. The summed E-state index contributed by atoms with van der Waals surface area (Å²) in [5, 5.41) is 3.68. The molecule has 26 heavy (non-hydrogen) atoms. The Kier molecular flexibility index (Phi) is 6.07. The van der Waals surface area contributed by atoms with Gasteiger partial charge in [-0.15, -0.1) is 0 Å². The molecule has 1 aliphatic rings. The smallest absolute Gasteiger partial charge is 0.238 e. The number of anilines is 1. The number of amides is 1. The second kappa shape index (κ2) is 8.47. The summed E-state index contributed by atoms with van der Waals surface area (Å²) in [4.78, 5) is 26.1. The van der Waals surface area contributed by atoms with Crippen LogP contribution >= 0.6 is 11.6 Å².